The first kappa shape index (κ1) is 21.8. The minimum absolute atomic E-state index is 0.119. The lowest BCUT2D eigenvalue weighted by Crippen LogP contribution is -2.40. The predicted molar refractivity (Wildman–Crippen MR) is 126 cm³/mol. The molecule has 0 fully saturated rings. The summed E-state index contributed by atoms with van der Waals surface area (Å²) >= 11 is 0. The number of hydrogen-bond acceptors (Lipinski definition) is 4. The fourth-order valence-electron chi connectivity index (χ4n) is 3.83. The molecule has 0 radical (unpaired) electrons. The highest BCUT2D eigenvalue weighted by Crippen LogP contribution is 2.43. The first-order valence-electron chi connectivity index (χ1n) is 10.4. The van der Waals surface area contributed by atoms with E-state index in [1.165, 1.54) is 6.92 Å². The first-order chi connectivity index (χ1) is 15.2. The predicted octanol–water partition coefficient (Wildman–Crippen LogP) is 4.83. The molecule has 3 aromatic carbocycles. The molecule has 6 nitrogen and oxygen atoms in total. The number of Topliss-reactive ketones (excluding diaryl/α,β-unsaturated/α-hetero) is 1. The summed E-state index contributed by atoms with van der Waals surface area (Å²) < 4.78 is 28.0. The Morgan fingerprint density at radius 3 is 2.41 bits per heavy atom. The molecule has 0 saturated heterocycles. The maximum Gasteiger partial charge on any atom is 0.265 e. The normalized spacial score (nSPS) is 13.9. The van der Waals surface area contributed by atoms with E-state index in [0.717, 1.165) is 15.4 Å². The van der Waals surface area contributed by atoms with E-state index in [9.17, 15) is 18.0 Å². The molecule has 1 heterocycles. The average Bonchev–Trinajstić information content (AvgIpc) is 2.76. The Morgan fingerprint density at radius 2 is 1.69 bits per heavy atom. The van der Waals surface area contributed by atoms with Crippen molar-refractivity contribution in [2.45, 2.75) is 31.6 Å². The van der Waals surface area contributed by atoms with Gasteiger partial charge in [0.2, 0.25) is 5.91 Å². The Hall–Kier alpha value is -3.45. The number of amides is 1. The number of sulfonamides is 1. The van der Waals surface area contributed by atoms with Gasteiger partial charge >= 0.3 is 0 Å². The Bertz CT molecular complexity index is 1330. The number of nitrogens with one attached hydrogen (secondary N) is 1. The minimum Gasteiger partial charge on any atom is -0.324 e. The van der Waals surface area contributed by atoms with Gasteiger partial charge in [-0.1, -0.05) is 50.2 Å². The second-order valence-corrected chi connectivity index (χ2v) is 9.96. The van der Waals surface area contributed by atoms with Crippen LogP contribution >= 0.6 is 0 Å². The molecular formula is C25H24N2O4S. The number of fused-ring (bicyclic) bond motifs is 3. The van der Waals surface area contributed by atoms with Crippen LogP contribution in [0.1, 0.15) is 42.6 Å². The monoisotopic (exact) mass is 448 g/mol. The van der Waals surface area contributed by atoms with Crippen LogP contribution in [0.3, 0.4) is 0 Å². The SMILES string of the molecule is CC(=O)c1cccc(NC(=O)CN2c3ccc(C(C)C)cc3-c3ccccc3S2(=O)=O)c1. The highest BCUT2D eigenvalue weighted by molar-refractivity contribution is 7.93. The Kier molecular flexibility index (Phi) is 5.60. The van der Waals surface area contributed by atoms with Crippen LogP contribution in [0.4, 0.5) is 11.4 Å². The van der Waals surface area contributed by atoms with E-state index in [1.807, 2.05) is 18.2 Å². The first-order valence-corrected chi connectivity index (χ1v) is 11.8. The molecule has 1 aliphatic heterocycles. The van der Waals surface area contributed by atoms with Crippen LogP contribution < -0.4 is 9.62 Å². The van der Waals surface area contributed by atoms with Crippen molar-refractivity contribution < 1.29 is 18.0 Å². The zero-order valence-electron chi connectivity index (χ0n) is 18.1. The van der Waals surface area contributed by atoms with Crippen molar-refractivity contribution in [3.05, 3.63) is 77.9 Å². The van der Waals surface area contributed by atoms with E-state index in [4.69, 9.17) is 0 Å². The Balaban J connectivity index is 1.72. The largest absolute Gasteiger partial charge is 0.324 e. The second-order valence-electron chi connectivity index (χ2n) is 8.12. The van der Waals surface area contributed by atoms with Gasteiger partial charge in [-0.25, -0.2) is 8.42 Å². The maximum atomic E-state index is 13.4. The van der Waals surface area contributed by atoms with Gasteiger partial charge in [-0.05, 0) is 48.7 Å². The average molecular weight is 449 g/mol. The fraction of sp³-hybridized carbons (Fsp3) is 0.200. The van der Waals surface area contributed by atoms with Gasteiger partial charge in [0.1, 0.15) is 6.54 Å². The topological polar surface area (TPSA) is 83.6 Å². The second kappa shape index (κ2) is 8.24. The molecule has 0 unspecified atom stereocenters. The fourth-order valence-corrected chi connectivity index (χ4v) is 5.47. The highest BCUT2D eigenvalue weighted by Gasteiger charge is 2.36. The third-order valence-electron chi connectivity index (χ3n) is 5.54. The molecule has 3 aromatic rings. The zero-order valence-corrected chi connectivity index (χ0v) is 18.9. The van der Waals surface area contributed by atoms with E-state index in [2.05, 4.69) is 19.2 Å². The van der Waals surface area contributed by atoms with E-state index < -0.39 is 15.9 Å². The number of nitrogens with zero attached hydrogens (tertiary/aromatic N) is 1. The summed E-state index contributed by atoms with van der Waals surface area (Å²) in [6, 6.07) is 19.1. The summed E-state index contributed by atoms with van der Waals surface area (Å²) in [4.78, 5) is 24.6. The van der Waals surface area contributed by atoms with Gasteiger partial charge in [0.15, 0.2) is 5.78 Å². The van der Waals surface area contributed by atoms with E-state index >= 15 is 0 Å². The summed E-state index contributed by atoms with van der Waals surface area (Å²) in [6.45, 7) is 5.22. The molecule has 0 saturated carbocycles. The third kappa shape index (κ3) is 3.91. The molecular weight excluding hydrogens is 424 g/mol. The molecule has 1 aliphatic rings. The lowest BCUT2D eigenvalue weighted by molar-refractivity contribution is -0.114. The summed E-state index contributed by atoms with van der Waals surface area (Å²) in [5, 5.41) is 2.71. The lowest BCUT2D eigenvalue weighted by Gasteiger charge is -2.32. The number of carbonyl (C=O) groups excluding carboxylic acids is 2. The molecule has 1 amide bonds. The van der Waals surface area contributed by atoms with Crippen LogP contribution in [0.2, 0.25) is 0 Å². The zero-order chi connectivity index (χ0) is 23.0. The van der Waals surface area contributed by atoms with Gasteiger partial charge in [-0.3, -0.25) is 13.9 Å². The van der Waals surface area contributed by atoms with E-state index in [0.29, 0.717) is 22.5 Å². The number of anilines is 2. The summed E-state index contributed by atoms with van der Waals surface area (Å²) in [5.74, 6) is -0.338. The van der Waals surface area contributed by atoms with Crippen LogP contribution in [0.5, 0.6) is 0 Å². The number of rotatable bonds is 5. The number of hydrogen-bond donors (Lipinski definition) is 1. The van der Waals surface area contributed by atoms with Crippen LogP contribution in [-0.4, -0.2) is 26.7 Å². The van der Waals surface area contributed by atoms with Gasteiger partial charge in [0.25, 0.3) is 10.0 Å². The van der Waals surface area contributed by atoms with Gasteiger partial charge in [-0.15, -0.1) is 0 Å². The summed E-state index contributed by atoms with van der Waals surface area (Å²) in [5.41, 5.74) is 3.88. The quantitative estimate of drug-likeness (QED) is 0.567. The van der Waals surface area contributed by atoms with Crippen LogP contribution in [-0.2, 0) is 14.8 Å². The van der Waals surface area contributed by atoms with Crippen molar-refractivity contribution in [3.63, 3.8) is 0 Å². The molecule has 0 aromatic heterocycles. The Morgan fingerprint density at radius 1 is 0.938 bits per heavy atom. The molecule has 7 heteroatoms. The number of benzene rings is 3. The molecule has 4 rings (SSSR count). The summed E-state index contributed by atoms with van der Waals surface area (Å²) in [6.07, 6.45) is 0. The molecule has 164 valence electrons. The number of ketones is 1. The van der Waals surface area contributed by atoms with Crippen LogP contribution in [0.15, 0.2) is 71.6 Å². The van der Waals surface area contributed by atoms with Gasteiger partial charge in [0.05, 0.1) is 10.6 Å². The van der Waals surface area contributed by atoms with Crippen molar-refractivity contribution in [2.75, 3.05) is 16.2 Å². The van der Waals surface area contributed by atoms with Crippen molar-refractivity contribution in [1.29, 1.82) is 0 Å². The van der Waals surface area contributed by atoms with Crippen molar-refractivity contribution in [2.24, 2.45) is 0 Å². The van der Waals surface area contributed by atoms with Gasteiger partial charge in [0, 0.05) is 22.4 Å². The third-order valence-corrected chi connectivity index (χ3v) is 7.36. The van der Waals surface area contributed by atoms with Crippen LogP contribution in [0, 0.1) is 0 Å². The van der Waals surface area contributed by atoms with Crippen molar-refractivity contribution >= 4 is 33.1 Å². The van der Waals surface area contributed by atoms with Gasteiger partial charge in [-0.2, -0.15) is 0 Å². The summed E-state index contributed by atoms with van der Waals surface area (Å²) in [7, 11) is -3.92. The maximum absolute atomic E-state index is 13.4. The van der Waals surface area contributed by atoms with E-state index in [1.54, 1.807) is 48.5 Å². The molecule has 1 N–H and O–H groups in total. The Labute approximate surface area is 187 Å². The molecule has 0 atom stereocenters. The number of carbonyl (C=O) groups is 2. The molecule has 0 aliphatic carbocycles. The molecule has 0 spiro atoms. The molecule has 32 heavy (non-hydrogen) atoms. The smallest absolute Gasteiger partial charge is 0.265 e. The molecule has 0 bridgehead atoms. The van der Waals surface area contributed by atoms with E-state index in [-0.39, 0.29) is 23.1 Å². The highest BCUT2D eigenvalue weighted by atomic mass is 32.2. The van der Waals surface area contributed by atoms with Crippen molar-refractivity contribution in [1.82, 2.24) is 0 Å². The lowest BCUT2D eigenvalue weighted by atomic mass is 9.95. The minimum atomic E-state index is -3.92. The van der Waals surface area contributed by atoms with Crippen LogP contribution in [0.25, 0.3) is 11.1 Å². The van der Waals surface area contributed by atoms with Crippen molar-refractivity contribution in [3.8, 4) is 11.1 Å². The van der Waals surface area contributed by atoms with Gasteiger partial charge < -0.3 is 5.32 Å². The standard InChI is InChI=1S/C25H24N2O4S/c1-16(2)18-11-12-23-22(14-18)21-9-4-5-10-24(21)32(30,31)27(23)15-25(29)26-20-8-6-7-19(13-20)17(3)28/h4-14,16H,15H2,1-3H3,(H,26,29).